The Morgan fingerprint density at radius 1 is 1.80 bits per heavy atom. The maximum atomic E-state index is 10.6. The second-order valence-corrected chi connectivity index (χ2v) is 2.30. The average molecular weight is 142 g/mol. The van der Waals surface area contributed by atoms with Crippen molar-refractivity contribution in [3.63, 3.8) is 0 Å². The maximum Gasteiger partial charge on any atom is 0.158 e. The van der Waals surface area contributed by atoms with Gasteiger partial charge in [0.15, 0.2) is 5.78 Å². The molecule has 0 bridgehead atoms. The van der Waals surface area contributed by atoms with Gasteiger partial charge in [-0.15, -0.1) is 0 Å². The summed E-state index contributed by atoms with van der Waals surface area (Å²) in [4.78, 5) is 10.6. The van der Waals surface area contributed by atoms with Crippen LogP contribution < -0.4 is 0 Å². The van der Waals surface area contributed by atoms with Gasteiger partial charge in [0, 0.05) is 13.5 Å². The van der Waals surface area contributed by atoms with E-state index in [1.807, 2.05) is 0 Å². The molecule has 0 saturated heterocycles. The zero-order valence-corrected chi connectivity index (χ0v) is 5.78. The highest BCUT2D eigenvalue weighted by Gasteiger charge is 2.22. The lowest BCUT2D eigenvalue weighted by atomic mass is 10.0. The van der Waals surface area contributed by atoms with Gasteiger partial charge < -0.3 is 9.84 Å². The molecule has 1 rings (SSSR count). The van der Waals surface area contributed by atoms with Crippen molar-refractivity contribution in [2.75, 3.05) is 7.11 Å². The molecule has 0 aromatic carbocycles. The molecule has 0 aromatic heterocycles. The standard InChI is InChI=1S/C7H10O3/c1-10-7-3-2-5(8)4-6(7)9/h2-3,6-7,9H,4H2,1H3/t6-,7+/m0/s1. The monoisotopic (exact) mass is 142 g/mol. The van der Waals surface area contributed by atoms with E-state index in [2.05, 4.69) is 0 Å². The molecule has 10 heavy (non-hydrogen) atoms. The van der Waals surface area contributed by atoms with E-state index in [0.717, 1.165) is 0 Å². The Morgan fingerprint density at radius 2 is 2.50 bits per heavy atom. The third-order valence-corrected chi connectivity index (χ3v) is 1.53. The van der Waals surface area contributed by atoms with Crippen LogP contribution in [-0.2, 0) is 9.53 Å². The van der Waals surface area contributed by atoms with Crippen molar-refractivity contribution in [1.29, 1.82) is 0 Å². The van der Waals surface area contributed by atoms with Gasteiger partial charge in [0.05, 0.1) is 6.10 Å². The molecule has 1 aliphatic carbocycles. The molecule has 0 saturated carbocycles. The van der Waals surface area contributed by atoms with Crippen LogP contribution in [0.25, 0.3) is 0 Å². The molecule has 3 heteroatoms. The second-order valence-electron chi connectivity index (χ2n) is 2.30. The summed E-state index contributed by atoms with van der Waals surface area (Å²) in [7, 11) is 1.51. The second kappa shape index (κ2) is 2.94. The van der Waals surface area contributed by atoms with Gasteiger partial charge in [0.25, 0.3) is 0 Å². The normalized spacial score (nSPS) is 32.8. The van der Waals surface area contributed by atoms with E-state index >= 15 is 0 Å². The van der Waals surface area contributed by atoms with Gasteiger partial charge in [-0.25, -0.2) is 0 Å². The smallest absolute Gasteiger partial charge is 0.158 e. The number of ether oxygens (including phenoxy) is 1. The minimum atomic E-state index is -0.664. The number of hydrogen-bond acceptors (Lipinski definition) is 3. The highest BCUT2D eigenvalue weighted by molar-refractivity contribution is 5.91. The lowest BCUT2D eigenvalue weighted by Gasteiger charge is -2.20. The van der Waals surface area contributed by atoms with Gasteiger partial charge in [-0.3, -0.25) is 4.79 Å². The summed E-state index contributed by atoms with van der Waals surface area (Å²) in [6.45, 7) is 0. The fourth-order valence-corrected chi connectivity index (χ4v) is 0.956. The van der Waals surface area contributed by atoms with Gasteiger partial charge in [-0.05, 0) is 12.2 Å². The number of allylic oxidation sites excluding steroid dienone is 1. The van der Waals surface area contributed by atoms with E-state index in [1.165, 1.54) is 13.2 Å². The number of aliphatic hydroxyl groups excluding tert-OH is 1. The van der Waals surface area contributed by atoms with Crippen LogP contribution >= 0.6 is 0 Å². The number of carbonyl (C=O) groups is 1. The van der Waals surface area contributed by atoms with Crippen molar-refractivity contribution in [3.8, 4) is 0 Å². The summed E-state index contributed by atoms with van der Waals surface area (Å²) in [5.41, 5.74) is 0. The fourth-order valence-electron chi connectivity index (χ4n) is 0.956. The Kier molecular flexibility index (Phi) is 2.19. The van der Waals surface area contributed by atoms with Gasteiger partial charge in [-0.1, -0.05) is 0 Å². The summed E-state index contributed by atoms with van der Waals surface area (Å²) in [6.07, 6.45) is 2.23. The molecule has 0 spiro atoms. The van der Waals surface area contributed by atoms with E-state index < -0.39 is 6.10 Å². The number of rotatable bonds is 1. The third kappa shape index (κ3) is 1.43. The van der Waals surface area contributed by atoms with Crippen LogP contribution in [0.15, 0.2) is 12.2 Å². The molecule has 0 aliphatic heterocycles. The Morgan fingerprint density at radius 3 is 3.00 bits per heavy atom. The highest BCUT2D eigenvalue weighted by Crippen LogP contribution is 2.10. The Bertz CT molecular complexity index is 162. The molecule has 0 aromatic rings. The fraction of sp³-hybridized carbons (Fsp3) is 0.571. The van der Waals surface area contributed by atoms with Crippen molar-refractivity contribution in [1.82, 2.24) is 0 Å². The highest BCUT2D eigenvalue weighted by atomic mass is 16.5. The first-order chi connectivity index (χ1) is 4.74. The van der Waals surface area contributed by atoms with Crippen molar-refractivity contribution in [2.45, 2.75) is 18.6 Å². The van der Waals surface area contributed by atoms with Crippen LogP contribution in [0.2, 0.25) is 0 Å². The Balaban J connectivity index is 2.62. The summed E-state index contributed by atoms with van der Waals surface area (Å²) >= 11 is 0. The minimum Gasteiger partial charge on any atom is -0.390 e. The molecule has 0 unspecified atom stereocenters. The molecular weight excluding hydrogens is 132 g/mol. The van der Waals surface area contributed by atoms with Gasteiger partial charge in [0.2, 0.25) is 0 Å². The van der Waals surface area contributed by atoms with Gasteiger partial charge in [0.1, 0.15) is 6.10 Å². The molecule has 3 nitrogen and oxygen atoms in total. The summed E-state index contributed by atoms with van der Waals surface area (Å²) < 4.78 is 4.86. The van der Waals surface area contributed by atoms with Crippen molar-refractivity contribution < 1.29 is 14.6 Å². The van der Waals surface area contributed by atoms with Crippen LogP contribution in [-0.4, -0.2) is 30.2 Å². The van der Waals surface area contributed by atoms with E-state index in [0.29, 0.717) is 0 Å². The first-order valence-electron chi connectivity index (χ1n) is 3.16. The zero-order chi connectivity index (χ0) is 7.56. The molecule has 56 valence electrons. The Labute approximate surface area is 59.3 Å². The molecular formula is C7H10O3. The van der Waals surface area contributed by atoms with Gasteiger partial charge >= 0.3 is 0 Å². The number of methoxy groups -OCH3 is 1. The molecule has 0 radical (unpaired) electrons. The quantitative estimate of drug-likeness (QED) is 0.555. The lowest BCUT2D eigenvalue weighted by molar-refractivity contribution is -0.119. The molecule has 0 fully saturated rings. The number of hydrogen-bond donors (Lipinski definition) is 1. The molecule has 1 N–H and O–H groups in total. The molecule has 1 aliphatic rings. The van der Waals surface area contributed by atoms with Crippen molar-refractivity contribution >= 4 is 5.78 Å². The van der Waals surface area contributed by atoms with Crippen LogP contribution in [0, 0.1) is 0 Å². The summed E-state index contributed by atoms with van der Waals surface area (Å²) in [5, 5.41) is 9.14. The van der Waals surface area contributed by atoms with Crippen LogP contribution in [0.3, 0.4) is 0 Å². The Hall–Kier alpha value is -0.670. The third-order valence-electron chi connectivity index (χ3n) is 1.53. The van der Waals surface area contributed by atoms with Crippen LogP contribution in [0.5, 0.6) is 0 Å². The molecule has 2 atom stereocenters. The van der Waals surface area contributed by atoms with Gasteiger partial charge in [-0.2, -0.15) is 0 Å². The summed E-state index contributed by atoms with van der Waals surface area (Å²) in [5.74, 6) is -0.0409. The number of carbonyl (C=O) groups excluding carboxylic acids is 1. The SMILES string of the molecule is CO[C@@H]1C=CC(=O)C[C@@H]1O. The predicted octanol–water partition coefficient (Wildman–Crippen LogP) is -0.109. The average Bonchev–Trinajstić information content (AvgIpc) is 1.88. The molecule has 0 heterocycles. The van der Waals surface area contributed by atoms with E-state index in [1.54, 1.807) is 6.08 Å². The predicted molar refractivity (Wildman–Crippen MR) is 35.6 cm³/mol. The topological polar surface area (TPSA) is 46.5 Å². The minimum absolute atomic E-state index is 0.0409. The van der Waals surface area contributed by atoms with Crippen molar-refractivity contribution in [2.24, 2.45) is 0 Å². The van der Waals surface area contributed by atoms with Crippen molar-refractivity contribution in [3.05, 3.63) is 12.2 Å². The van der Waals surface area contributed by atoms with E-state index in [4.69, 9.17) is 9.84 Å². The molecule has 0 amide bonds. The lowest BCUT2D eigenvalue weighted by Crippen LogP contribution is -2.31. The number of aliphatic hydroxyl groups is 1. The maximum absolute atomic E-state index is 10.6. The van der Waals surface area contributed by atoms with Crippen LogP contribution in [0.1, 0.15) is 6.42 Å². The first kappa shape index (κ1) is 7.44. The number of ketones is 1. The van der Waals surface area contributed by atoms with Crippen LogP contribution in [0.4, 0.5) is 0 Å². The largest absolute Gasteiger partial charge is 0.390 e. The first-order valence-corrected chi connectivity index (χ1v) is 3.16. The van der Waals surface area contributed by atoms with E-state index in [-0.39, 0.29) is 18.3 Å². The van der Waals surface area contributed by atoms with E-state index in [9.17, 15) is 4.79 Å². The summed E-state index contributed by atoms with van der Waals surface area (Å²) in [6, 6.07) is 0. The zero-order valence-electron chi connectivity index (χ0n) is 5.78.